The zero-order chi connectivity index (χ0) is 21.3. The predicted molar refractivity (Wildman–Crippen MR) is 121 cm³/mol. The van der Waals surface area contributed by atoms with E-state index in [0.29, 0.717) is 22.2 Å². The van der Waals surface area contributed by atoms with Crippen LogP contribution >= 0.6 is 11.3 Å². The summed E-state index contributed by atoms with van der Waals surface area (Å²) in [6.07, 6.45) is 3.63. The van der Waals surface area contributed by atoms with Gasteiger partial charge in [0.1, 0.15) is 5.75 Å². The highest BCUT2D eigenvalue weighted by Gasteiger charge is 2.07. The number of methoxy groups -OCH3 is 1. The van der Waals surface area contributed by atoms with Crippen LogP contribution in [0, 0.1) is 0 Å². The van der Waals surface area contributed by atoms with E-state index in [1.165, 1.54) is 17.4 Å². The second kappa shape index (κ2) is 10.8. The van der Waals surface area contributed by atoms with Crippen LogP contribution in [0.2, 0.25) is 0 Å². The maximum absolute atomic E-state index is 12.2. The minimum atomic E-state index is -1.12. The molecule has 156 valence electrons. The fourth-order valence-corrected chi connectivity index (χ4v) is 4.38. The number of rotatable bonds is 9. The van der Waals surface area contributed by atoms with Crippen molar-refractivity contribution in [1.82, 2.24) is 4.98 Å². The molecular formula is C22H22N2O4S2. The Kier molecular flexibility index (Phi) is 7.89. The summed E-state index contributed by atoms with van der Waals surface area (Å²) in [6, 6.07) is 14.7. The van der Waals surface area contributed by atoms with E-state index in [2.05, 4.69) is 10.3 Å². The van der Waals surface area contributed by atoms with E-state index in [-0.39, 0.29) is 12.5 Å². The van der Waals surface area contributed by atoms with Gasteiger partial charge in [0.05, 0.1) is 23.6 Å². The van der Waals surface area contributed by atoms with Crippen molar-refractivity contribution in [2.75, 3.05) is 24.8 Å². The van der Waals surface area contributed by atoms with Crippen molar-refractivity contribution < 1.29 is 18.8 Å². The van der Waals surface area contributed by atoms with E-state index in [1.54, 1.807) is 37.5 Å². The van der Waals surface area contributed by atoms with Gasteiger partial charge in [0.2, 0.25) is 5.91 Å². The first kappa shape index (κ1) is 21.9. The fourth-order valence-electron chi connectivity index (χ4n) is 2.59. The molecule has 3 rings (SSSR count). The Hall–Kier alpha value is -2.81. The van der Waals surface area contributed by atoms with Gasteiger partial charge in [0.15, 0.2) is 5.13 Å². The van der Waals surface area contributed by atoms with Crippen LogP contribution in [0.1, 0.15) is 12.0 Å². The third kappa shape index (κ3) is 6.09. The highest BCUT2D eigenvalue weighted by atomic mass is 32.2. The summed E-state index contributed by atoms with van der Waals surface area (Å²) in [6.45, 7) is 0.0301. The number of hydrogen-bond donors (Lipinski definition) is 2. The average molecular weight is 443 g/mol. The van der Waals surface area contributed by atoms with Crippen LogP contribution < -0.4 is 10.1 Å². The molecule has 0 fully saturated rings. The number of carbonyl (C=O) groups is 1. The van der Waals surface area contributed by atoms with E-state index < -0.39 is 10.8 Å². The van der Waals surface area contributed by atoms with Crippen molar-refractivity contribution in [3.05, 3.63) is 65.6 Å². The maximum Gasteiger partial charge on any atom is 0.250 e. The molecule has 0 saturated carbocycles. The molecular weight excluding hydrogens is 420 g/mol. The SMILES string of the molecule is COc1ccc(-c2csc(NC(=O)/C=C/c3ccc(S(=O)CCCO)cc3)n2)cc1. The molecule has 1 unspecified atom stereocenters. The molecule has 1 heterocycles. The third-order valence-electron chi connectivity index (χ3n) is 4.18. The number of nitrogens with zero attached hydrogens (tertiary/aromatic N) is 1. The molecule has 0 aliphatic carbocycles. The first-order chi connectivity index (χ1) is 14.6. The molecule has 8 heteroatoms. The van der Waals surface area contributed by atoms with Gasteiger partial charge in [-0.25, -0.2) is 4.98 Å². The summed E-state index contributed by atoms with van der Waals surface area (Å²) < 4.78 is 17.2. The summed E-state index contributed by atoms with van der Waals surface area (Å²) in [5.74, 6) is 0.929. The van der Waals surface area contributed by atoms with Crippen molar-refractivity contribution in [3.8, 4) is 17.0 Å². The Morgan fingerprint density at radius 3 is 2.60 bits per heavy atom. The highest BCUT2D eigenvalue weighted by Crippen LogP contribution is 2.26. The first-order valence-corrected chi connectivity index (χ1v) is 11.5. The first-order valence-electron chi connectivity index (χ1n) is 9.27. The molecule has 0 spiro atoms. The molecule has 0 saturated heterocycles. The average Bonchev–Trinajstić information content (AvgIpc) is 3.24. The van der Waals surface area contributed by atoms with Crippen LogP contribution in [0.5, 0.6) is 5.75 Å². The number of benzene rings is 2. The zero-order valence-corrected chi connectivity index (χ0v) is 18.0. The Morgan fingerprint density at radius 1 is 1.20 bits per heavy atom. The van der Waals surface area contributed by atoms with E-state index in [9.17, 15) is 9.00 Å². The minimum Gasteiger partial charge on any atom is -0.497 e. The summed E-state index contributed by atoms with van der Waals surface area (Å²) >= 11 is 1.36. The van der Waals surface area contributed by atoms with Gasteiger partial charge in [0.25, 0.3) is 0 Å². The molecule has 1 atom stereocenters. The lowest BCUT2D eigenvalue weighted by Gasteiger charge is -2.02. The van der Waals surface area contributed by atoms with Crippen LogP contribution in [-0.4, -0.2) is 39.7 Å². The fraction of sp³-hybridized carbons (Fsp3) is 0.182. The van der Waals surface area contributed by atoms with Gasteiger partial charge >= 0.3 is 0 Å². The number of thiazole rings is 1. The zero-order valence-electron chi connectivity index (χ0n) is 16.4. The molecule has 0 aliphatic heterocycles. The number of aliphatic hydroxyl groups excluding tert-OH is 1. The van der Waals surface area contributed by atoms with Crippen molar-refractivity contribution in [2.24, 2.45) is 0 Å². The molecule has 30 heavy (non-hydrogen) atoms. The minimum absolute atomic E-state index is 0.0301. The normalized spacial score (nSPS) is 12.1. The Bertz CT molecular complexity index is 1030. The second-order valence-corrected chi connectivity index (χ2v) is 8.71. The van der Waals surface area contributed by atoms with Crippen LogP contribution in [0.25, 0.3) is 17.3 Å². The number of aromatic nitrogens is 1. The van der Waals surface area contributed by atoms with Gasteiger partial charge in [-0.2, -0.15) is 0 Å². The quantitative estimate of drug-likeness (QED) is 0.490. The summed E-state index contributed by atoms with van der Waals surface area (Å²) in [7, 11) is 0.495. The number of nitrogens with one attached hydrogen (secondary N) is 1. The number of ether oxygens (including phenoxy) is 1. The van der Waals surface area contributed by atoms with Crippen LogP contribution in [0.15, 0.2) is 64.9 Å². The van der Waals surface area contributed by atoms with E-state index in [4.69, 9.17) is 9.84 Å². The summed E-state index contributed by atoms with van der Waals surface area (Å²) in [4.78, 5) is 17.3. The molecule has 2 aromatic carbocycles. The van der Waals surface area contributed by atoms with Crippen molar-refractivity contribution in [1.29, 1.82) is 0 Å². The number of anilines is 1. The highest BCUT2D eigenvalue weighted by molar-refractivity contribution is 7.85. The standard InChI is InChI=1S/C22H22N2O4S2/c1-28-18-8-6-17(7-9-18)20-15-29-22(23-20)24-21(26)12-5-16-3-10-19(11-4-16)30(27)14-2-13-25/h3-12,15,25H,2,13-14H2,1H3,(H,23,24,26)/b12-5+. The summed E-state index contributed by atoms with van der Waals surface area (Å²) in [5, 5.41) is 14.0. The molecule has 1 amide bonds. The van der Waals surface area contributed by atoms with E-state index in [0.717, 1.165) is 22.6 Å². The smallest absolute Gasteiger partial charge is 0.250 e. The Morgan fingerprint density at radius 2 is 1.93 bits per heavy atom. The van der Waals surface area contributed by atoms with Gasteiger partial charge in [0, 0.05) is 34.3 Å². The van der Waals surface area contributed by atoms with Gasteiger partial charge in [-0.3, -0.25) is 14.3 Å². The molecule has 0 bridgehead atoms. The maximum atomic E-state index is 12.2. The molecule has 3 aromatic rings. The van der Waals surface area contributed by atoms with E-state index >= 15 is 0 Å². The molecule has 2 N–H and O–H groups in total. The molecule has 0 aliphatic rings. The van der Waals surface area contributed by atoms with Gasteiger partial charge in [-0.1, -0.05) is 12.1 Å². The topological polar surface area (TPSA) is 88.5 Å². The monoisotopic (exact) mass is 442 g/mol. The van der Waals surface area contributed by atoms with Gasteiger partial charge in [-0.05, 0) is 54.5 Å². The van der Waals surface area contributed by atoms with Crippen molar-refractivity contribution in [2.45, 2.75) is 11.3 Å². The number of amides is 1. The van der Waals surface area contributed by atoms with Gasteiger partial charge in [-0.15, -0.1) is 11.3 Å². The lowest BCUT2D eigenvalue weighted by atomic mass is 10.2. The lowest BCUT2D eigenvalue weighted by Crippen LogP contribution is -2.07. The van der Waals surface area contributed by atoms with Crippen LogP contribution in [0.4, 0.5) is 5.13 Å². The van der Waals surface area contributed by atoms with Crippen molar-refractivity contribution in [3.63, 3.8) is 0 Å². The Balaban J connectivity index is 1.57. The predicted octanol–water partition coefficient (Wildman–Crippen LogP) is 3.96. The largest absolute Gasteiger partial charge is 0.497 e. The molecule has 1 aromatic heterocycles. The second-order valence-electron chi connectivity index (χ2n) is 6.28. The third-order valence-corrected chi connectivity index (χ3v) is 6.39. The number of carbonyl (C=O) groups excluding carboxylic acids is 1. The van der Waals surface area contributed by atoms with Gasteiger partial charge < -0.3 is 9.84 Å². The Labute approximate surface area is 181 Å². The van der Waals surface area contributed by atoms with Crippen LogP contribution in [-0.2, 0) is 15.6 Å². The summed E-state index contributed by atoms with van der Waals surface area (Å²) in [5.41, 5.74) is 2.55. The van der Waals surface area contributed by atoms with E-state index in [1.807, 2.05) is 29.6 Å². The number of aliphatic hydroxyl groups is 1. The number of hydrogen-bond acceptors (Lipinski definition) is 6. The van der Waals surface area contributed by atoms with Crippen molar-refractivity contribution >= 4 is 39.3 Å². The molecule has 6 nitrogen and oxygen atoms in total. The lowest BCUT2D eigenvalue weighted by molar-refractivity contribution is -0.111. The molecule has 0 radical (unpaired) electrons. The van der Waals surface area contributed by atoms with Crippen LogP contribution in [0.3, 0.4) is 0 Å².